The van der Waals surface area contributed by atoms with Gasteiger partial charge in [-0.3, -0.25) is 0 Å². The molecule has 350 valence electrons. The zero-order valence-electron chi connectivity index (χ0n) is 40.6. The fourth-order valence-corrected chi connectivity index (χ4v) is 11.5. The summed E-state index contributed by atoms with van der Waals surface area (Å²) in [5.74, 6) is 1.86. The highest BCUT2D eigenvalue weighted by Gasteiger charge is 2.22. The van der Waals surface area contributed by atoms with Crippen LogP contribution in [0.1, 0.15) is 0 Å². The van der Waals surface area contributed by atoms with Gasteiger partial charge in [-0.25, -0.2) is 15.0 Å². The van der Waals surface area contributed by atoms with E-state index in [1.165, 1.54) is 48.9 Å². The SMILES string of the molecule is c1ccc(-c2nc(-c3ccccc3)nc(-c3ccc(-c4ccc5c(c4)c4ccc(-c6cccc7c6c6ccccc6n7-c6ccccc6)cc4n5-c4ccccc4)c(-n4c5ccccc5c5ccccc54)c3)n2)cc1. The molecule has 75 heavy (non-hydrogen) atoms. The van der Waals surface area contributed by atoms with Gasteiger partial charge in [0.15, 0.2) is 17.5 Å². The largest absolute Gasteiger partial charge is 0.309 e. The van der Waals surface area contributed by atoms with Crippen LogP contribution in [0.25, 0.3) is 139 Å². The lowest BCUT2D eigenvalue weighted by molar-refractivity contribution is 1.07. The van der Waals surface area contributed by atoms with E-state index in [-0.39, 0.29) is 0 Å². The fraction of sp³-hybridized carbons (Fsp3) is 0. The molecule has 0 aliphatic heterocycles. The first-order chi connectivity index (χ1) is 37.2. The number of fused-ring (bicyclic) bond motifs is 9. The molecular formula is C69H44N6. The van der Waals surface area contributed by atoms with Crippen LogP contribution in [0.15, 0.2) is 267 Å². The third-order valence-corrected chi connectivity index (χ3v) is 14.9. The molecule has 0 saturated heterocycles. The number of hydrogen-bond donors (Lipinski definition) is 0. The van der Waals surface area contributed by atoms with Crippen LogP contribution in [-0.4, -0.2) is 28.7 Å². The molecule has 0 saturated carbocycles. The van der Waals surface area contributed by atoms with E-state index < -0.39 is 0 Å². The standard InChI is InChI=1S/C69H44N6/c1-5-20-45(21-6-1)67-70-68(46-22-7-2-8-23-46)72-69(71-67)49-37-39-52(64(44-49)75-59-32-16-13-28-54(59)55-29-14-17-33-60(55)75)47-38-41-62-58(42-47)56-40-36-48(43-65(56)74(62)51-26-11-4-12-27-51)53-31-19-35-63-66(53)57-30-15-18-34-61(57)73(63)50-24-9-3-10-25-50/h1-44H. The van der Waals surface area contributed by atoms with E-state index in [1.807, 2.05) is 36.4 Å². The molecule has 15 aromatic rings. The van der Waals surface area contributed by atoms with Gasteiger partial charge in [-0.15, -0.1) is 0 Å². The van der Waals surface area contributed by atoms with Gasteiger partial charge in [-0.2, -0.15) is 0 Å². The normalized spacial score (nSPS) is 11.7. The van der Waals surface area contributed by atoms with E-state index in [9.17, 15) is 0 Å². The van der Waals surface area contributed by atoms with Crippen LogP contribution in [0.5, 0.6) is 0 Å². The minimum absolute atomic E-state index is 0.605. The molecule has 0 radical (unpaired) electrons. The summed E-state index contributed by atoms with van der Waals surface area (Å²) in [7, 11) is 0. The van der Waals surface area contributed by atoms with Crippen molar-refractivity contribution in [3.63, 3.8) is 0 Å². The van der Waals surface area contributed by atoms with Gasteiger partial charge in [-0.1, -0.05) is 194 Å². The van der Waals surface area contributed by atoms with Crippen molar-refractivity contribution in [1.29, 1.82) is 0 Å². The number of para-hydroxylation sites is 5. The topological polar surface area (TPSA) is 53.5 Å². The zero-order chi connectivity index (χ0) is 49.4. The van der Waals surface area contributed by atoms with Crippen molar-refractivity contribution >= 4 is 65.4 Å². The van der Waals surface area contributed by atoms with E-state index in [4.69, 9.17) is 15.0 Å². The first-order valence-corrected chi connectivity index (χ1v) is 25.4. The highest BCUT2D eigenvalue weighted by atomic mass is 15.0. The molecule has 0 atom stereocenters. The Balaban J connectivity index is 0.958. The zero-order valence-corrected chi connectivity index (χ0v) is 40.6. The summed E-state index contributed by atoms with van der Waals surface area (Å²) in [6, 6.07) is 95.4. The second-order valence-corrected chi connectivity index (χ2v) is 19.2. The van der Waals surface area contributed by atoms with Crippen molar-refractivity contribution in [1.82, 2.24) is 28.7 Å². The second kappa shape index (κ2) is 17.3. The van der Waals surface area contributed by atoms with Crippen molar-refractivity contribution in [3.05, 3.63) is 267 Å². The molecule has 0 aliphatic carbocycles. The summed E-state index contributed by atoms with van der Waals surface area (Å²) >= 11 is 0. The van der Waals surface area contributed by atoms with Crippen molar-refractivity contribution in [2.75, 3.05) is 0 Å². The van der Waals surface area contributed by atoms with Crippen LogP contribution in [0.2, 0.25) is 0 Å². The molecular weight excluding hydrogens is 913 g/mol. The Bertz CT molecular complexity index is 4580. The molecule has 0 N–H and O–H groups in total. The van der Waals surface area contributed by atoms with Crippen LogP contribution in [-0.2, 0) is 0 Å². The molecule has 6 nitrogen and oxygen atoms in total. The molecule has 6 heteroatoms. The molecule has 0 aliphatic rings. The molecule has 0 amide bonds. The van der Waals surface area contributed by atoms with Crippen LogP contribution >= 0.6 is 0 Å². The Hall–Kier alpha value is -10.2. The van der Waals surface area contributed by atoms with Crippen LogP contribution < -0.4 is 0 Å². The highest BCUT2D eigenvalue weighted by molar-refractivity contribution is 6.18. The lowest BCUT2D eigenvalue weighted by Crippen LogP contribution is -2.02. The molecule has 4 heterocycles. The van der Waals surface area contributed by atoms with Crippen molar-refractivity contribution in [3.8, 4) is 73.5 Å². The maximum absolute atomic E-state index is 5.20. The Labute approximate surface area is 432 Å². The predicted molar refractivity (Wildman–Crippen MR) is 310 cm³/mol. The Morgan fingerprint density at radius 2 is 0.667 bits per heavy atom. The molecule has 0 spiro atoms. The van der Waals surface area contributed by atoms with Crippen LogP contribution in [0.4, 0.5) is 0 Å². The minimum atomic E-state index is 0.605. The first kappa shape index (κ1) is 42.5. The Morgan fingerprint density at radius 1 is 0.227 bits per heavy atom. The van der Waals surface area contributed by atoms with Crippen LogP contribution in [0, 0.1) is 0 Å². The lowest BCUT2D eigenvalue weighted by Gasteiger charge is -2.17. The van der Waals surface area contributed by atoms with E-state index in [0.717, 1.165) is 72.5 Å². The summed E-state index contributed by atoms with van der Waals surface area (Å²) in [5.41, 5.74) is 17.5. The fourth-order valence-electron chi connectivity index (χ4n) is 11.5. The van der Waals surface area contributed by atoms with Gasteiger partial charge in [-0.05, 0) is 89.5 Å². The maximum Gasteiger partial charge on any atom is 0.164 e. The summed E-state index contributed by atoms with van der Waals surface area (Å²) in [6.07, 6.45) is 0. The van der Waals surface area contributed by atoms with Gasteiger partial charge in [0.1, 0.15) is 0 Å². The van der Waals surface area contributed by atoms with Gasteiger partial charge in [0, 0.05) is 65.9 Å². The average molecular weight is 957 g/mol. The maximum atomic E-state index is 5.20. The third kappa shape index (κ3) is 6.92. The smallest absolute Gasteiger partial charge is 0.164 e. The van der Waals surface area contributed by atoms with E-state index in [1.54, 1.807) is 0 Å². The number of rotatable bonds is 8. The summed E-state index contributed by atoms with van der Waals surface area (Å²) < 4.78 is 7.24. The quantitative estimate of drug-likeness (QED) is 0.152. The highest BCUT2D eigenvalue weighted by Crippen LogP contribution is 2.44. The predicted octanol–water partition coefficient (Wildman–Crippen LogP) is 17.5. The summed E-state index contributed by atoms with van der Waals surface area (Å²) in [5, 5.41) is 7.22. The van der Waals surface area contributed by atoms with Crippen molar-refractivity contribution in [2.24, 2.45) is 0 Å². The molecule has 4 aromatic heterocycles. The first-order valence-electron chi connectivity index (χ1n) is 25.4. The number of nitrogens with zero attached hydrogens (tertiary/aromatic N) is 6. The summed E-state index contributed by atoms with van der Waals surface area (Å²) in [6.45, 7) is 0. The molecule has 15 rings (SSSR count). The average Bonchev–Trinajstić information content (AvgIpc) is 4.18. The van der Waals surface area contributed by atoms with Crippen molar-refractivity contribution in [2.45, 2.75) is 0 Å². The Morgan fingerprint density at radius 3 is 1.28 bits per heavy atom. The second-order valence-electron chi connectivity index (χ2n) is 19.2. The number of benzene rings is 11. The van der Waals surface area contributed by atoms with Crippen LogP contribution in [0.3, 0.4) is 0 Å². The van der Waals surface area contributed by atoms with Gasteiger partial charge < -0.3 is 13.7 Å². The van der Waals surface area contributed by atoms with Gasteiger partial charge in [0.25, 0.3) is 0 Å². The lowest BCUT2D eigenvalue weighted by atomic mass is 9.97. The molecule has 11 aromatic carbocycles. The number of aromatic nitrogens is 6. The monoisotopic (exact) mass is 956 g/mol. The molecule has 0 bridgehead atoms. The van der Waals surface area contributed by atoms with Crippen molar-refractivity contribution < 1.29 is 0 Å². The Kier molecular flexibility index (Phi) is 9.78. The van der Waals surface area contributed by atoms with Gasteiger partial charge >= 0.3 is 0 Å². The van der Waals surface area contributed by atoms with E-state index >= 15 is 0 Å². The van der Waals surface area contributed by atoms with E-state index in [0.29, 0.717) is 17.5 Å². The minimum Gasteiger partial charge on any atom is -0.309 e. The molecule has 0 fully saturated rings. The van der Waals surface area contributed by atoms with E-state index in [2.05, 4.69) is 244 Å². The summed E-state index contributed by atoms with van der Waals surface area (Å²) in [4.78, 5) is 15.4. The number of hydrogen-bond acceptors (Lipinski definition) is 3. The molecule has 0 unspecified atom stereocenters. The van der Waals surface area contributed by atoms with Gasteiger partial charge in [0.2, 0.25) is 0 Å². The van der Waals surface area contributed by atoms with Gasteiger partial charge in [0.05, 0.1) is 38.8 Å². The third-order valence-electron chi connectivity index (χ3n) is 14.9.